The average Bonchev–Trinajstić information content (AvgIpc) is 3.24. The number of hydrogen-bond acceptors (Lipinski definition) is 4. The summed E-state index contributed by atoms with van der Waals surface area (Å²) < 4.78 is 1.88. The first-order valence-electron chi connectivity index (χ1n) is 6.72. The number of nitrogens with zero attached hydrogens (tertiary/aromatic N) is 4. The van der Waals surface area contributed by atoms with Crippen molar-refractivity contribution in [3.63, 3.8) is 0 Å². The molecule has 22 heavy (non-hydrogen) atoms. The van der Waals surface area contributed by atoms with Gasteiger partial charge in [0.2, 0.25) is 0 Å². The Hall–Kier alpha value is -2.97. The zero-order valence-corrected chi connectivity index (χ0v) is 12.3. The molecule has 0 bridgehead atoms. The van der Waals surface area contributed by atoms with Gasteiger partial charge in [-0.15, -0.1) is 11.3 Å². The summed E-state index contributed by atoms with van der Waals surface area (Å²) in [5.41, 5.74) is 6.97. The molecule has 0 saturated carbocycles. The third-order valence-electron chi connectivity index (χ3n) is 3.49. The second-order valence-corrected chi connectivity index (χ2v) is 5.56. The number of aromatic nitrogens is 3. The molecule has 0 spiro atoms. The number of nitriles is 1. The maximum atomic E-state index is 9.17. The Labute approximate surface area is 131 Å². The maximum absolute atomic E-state index is 9.17. The molecule has 0 atom stereocenters. The fraction of sp³-hybridized carbons (Fsp3) is 0. The van der Waals surface area contributed by atoms with Gasteiger partial charge in [-0.2, -0.15) is 5.26 Å². The van der Waals surface area contributed by atoms with Crippen LogP contribution in [0.15, 0.2) is 59.7 Å². The predicted octanol–water partition coefficient (Wildman–Crippen LogP) is 4.00. The van der Waals surface area contributed by atoms with E-state index >= 15 is 0 Å². The van der Waals surface area contributed by atoms with Crippen molar-refractivity contribution in [3.05, 3.63) is 65.2 Å². The zero-order chi connectivity index (χ0) is 14.9. The second-order valence-electron chi connectivity index (χ2n) is 4.85. The fourth-order valence-corrected chi connectivity index (χ4v) is 2.99. The van der Waals surface area contributed by atoms with Crippen molar-refractivity contribution in [2.45, 2.75) is 0 Å². The minimum Gasteiger partial charge on any atom is -0.305 e. The molecule has 0 N–H and O–H groups in total. The van der Waals surface area contributed by atoms with Crippen LogP contribution in [0.1, 0.15) is 5.56 Å². The maximum Gasteiger partial charge on any atom is 0.155 e. The number of pyridine rings is 1. The minimum absolute atomic E-state index is 0.574. The highest BCUT2D eigenvalue weighted by Gasteiger charge is 2.09. The second kappa shape index (κ2) is 5.10. The molecule has 3 heterocycles. The summed E-state index contributed by atoms with van der Waals surface area (Å²) in [6, 6.07) is 13.9. The van der Waals surface area contributed by atoms with E-state index in [1.807, 2.05) is 52.0 Å². The molecule has 4 nitrogen and oxygen atoms in total. The van der Waals surface area contributed by atoms with Crippen LogP contribution in [0.4, 0.5) is 0 Å². The van der Waals surface area contributed by atoms with Crippen molar-refractivity contribution >= 4 is 17.0 Å². The Morgan fingerprint density at radius 3 is 2.73 bits per heavy atom. The van der Waals surface area contributed by atoms with E-state index in [2.05, 4.69) is 22.1 Å². The highest BCUT2D eigenvalue weighted by molar-refractivity contribution is 7.07. The monoisotopic (exact) mass is 302 g/mol. The van der Waals surface area contributed by atoms with Crippen LogP contribution < -0.4 is 0 Å². The molecule has 4 rings (SSSR count). The summed E-state index contributed by atoms with van der Waals surface area (Å²) in [6.07, 6.45) is 3.84. The smallest absolute Gasteiger partial charge is 0.155 e. The van der Waals surface area contributed by atoms with Crippen LogP contribution in [-0.4, -0.2) is 14.4 Å². The summed E-state index contributed by atoms with van der Waals surface area (Å²) in [4.78, 5) is 8.94. The van der Waals surface area contributed by atoms with Crippen LogP contribution in [-0.2, 0) is 0 Å². The van der Waals surface area contributed by atoms with Crippen molar-refractivity contribution < 1.29 is 0 Å². The van der Waals surface area contributed by atoms with Crippen molar-refractivity contribution in [1.82, 2.24) is 14.4 Å². The summed E-state index contributed by atoms with van der Waals surface area (Å²) in [7, 11) is 0. The molecular formula is C17H10N4S. The number of imidazole rings is 1. The van der Waals surface area contributed by atoms with Gasteiger partial charge < -0.3 is 4.40 Å². The van der Waals surface area contributed by atoms with Gasteiger partial charge in [0.25, 0.3) is 0 Å². The molecule has 0 aliphatic carbocycles. The topological polar surface area (TPSA) is 54.0 Å². The summed E-state index contributed by atoms with van der Waals surface area (Å²) >= 11 is 1.58. The third kappa shape index (κ3) is 2.07. The third-order valence-corrected chi connectivity index (χ3v) is 4.08. The van der Waals surface area contributed by atoms with E-state index in [1.165, 1.54) is 0 Å². The van der Waals surface area contributed by atoms with Crippen LogP contribution >= 0.6 is 11.3 Å². The standard InChI is InChI=1S/C17H10N4S/c18-8-14-5-2-6-21-9-15(20-17(14)21)12-3-1-4-13(7-12)16-10-22-11-19-16/h1-7,9-11H. The summed E-state index contributed by atoms with van der Waals surface area (Å²) in [6.45, 7) is 0. The van der Waals surface area contributed by atoms with Crippen molar-refractivity contribution in [3.8, 4) is 28.6 Å². The molecule has 4 aromatic rings. The van der Waals surface area contributed by atoms with E-state index in [9.17, 15) is 5.26 Å². The summed E-state index contributed by atoms with van der Waals surface area (Å²) in [5, 5.41) is 11.2. The van der Waals surface area contributed by atoms with Gasteiger partial charge in [-0.25, -0.2) is 9.97 Å². The van der Waals surface area contributed by atoms with Crippen LogP contribution in [0.25, 0.3) is 28.2 Å². The highest BCUT2D eigenvalue weighted by Crippen LogP contribution is 2.26. The van der Waals surface area contributed by atoms with E-state index in [4.69, 9.17) is 0 Å². The lowest BCUT2D eigenvalue weighted by Gasteiger charge is -2.00. The van der Waals surface area contributed by atoms with Gasteiger partial charge in [0.15, 0.2) is 5.65 Å². The quantitative estimate of drug-likeness (QED) is 0.562. The molecule has 0 radical (unpaired) electrons. The number of benzene rings is 1. The fourth-order valence-electron chi connectivity index (χ4n) is 2.43. The number of thiazole rings is 1. The van der Waals surface area contributed by atoms with Crippen molar-refractivity contribution in [1.29, 1.82) is 5.26 Å². The van der Waals surface area contributed by atoms with Crippen LogP contribution in [0, 0.1) is 11.3 Å². The first kappa shape index (κ1) is 12.7. The van der Waals surface area contributed by atoms with Crippen LogP contribution in [0.3, 0.4) is 0 Å². The Morgan fingerprint density at radius 1 is 1.09 bits per heavy atom. The molecule has 5 heteroatoms. The Kier molecular flexibility index (Phi) is 2.95. The molecule has 0 amide bonds. The zero-order valence-electron chi connectivity index (χ0n) is 11.5. The van der Waals surface area contributed by atoms with Crippen LogP contribution in [0.2, 0.25) is 0 Å². The normalized spacial score (nSPS) is 10.7. The van der Waals surface area contributed by atoms with Gasteiger partial charge in [-0.05, 0) is 18.2 Å². The number of fused-ring (bicyclic) bond motifs is 1. The lowest BCUT2D eigenvalue weighted by Crippen LogP contribution is -1.85. The number of hydrogen-bond donors (Lipinski definition) is 0. The lowest BCUT2D eigenvalue weighted by atomic mass is 10.1. The average molecular weight is 302 g/mol. The van der Waals surface area contributed by atoms with Gasteiger partial charge in [0.1, 0.15) is 6.07 Å². The van der Waals surface area contributed by atoms with Gasteiger partial charge in [-0.3, -0.25) is 0 Å². The molecule has 3 aromatic heterocycles. The minimum atomic E-state index is 0.574. The van der Waals surface area contributed by atoms with Gasteiger partial charge >= 0.3 is 0 Å². The van der Waals surface area contributed by atoms with Gasteiger partial charge in [0, 0.05) is 28.9 Å². The molecule has 1 aromatic carbocycles. The van der Waals surface area contributed by atoms with E-state index in [0.29, 0.717) is 11.2 Å². The van der Waals surface area contributed by atoms with Crippen molar-refractivity contribution in [2.75, 3.05) is 0 Å². The largest absolute Gasteiger partial charge is 0.305 e. The summed E-state index contributed by atoms with van der Waals surface area (Å²) in [5.74, 6) is 0. The molecule has 0 saturated heterocycles. The molecule has 0 unspecified atom stereocenters. The van der Waals surface area contributed by atoms with E-state index in [-0.39, 0.29) is 0 Å². The first-order valence-corrected chi connectivity index (χ1v) is 7.66. The SMILES string of the molecule is N#Cc1cccn2cc(-c3cccc(-c4cscn4)c3)nc12. The lowest BCUT2D eigenvalue weighted by molar-refractivity contribution is 1.18. The number of rotatable bonds is 2. The van der Waals surface area contributed by atoms with Gasteiger partial charge in [0.05, 0.1) is 22.5 Å². The van der Waals surface area contributed by atoms with Crippen LogP contribution in [0.5, 0.6) is 0 Å². The van der Waals surface area contributed by atoms with Crippen molar-refractivity contribution in [2.24, 2.45) is 0 Å². The highest BCUT2D eigenvalue weighted by atomic mass is 32.1. The molecule has 104 valence electrons. The molecule has 0 aliphatic heterocycles. The Bertz CT molecular complexity index is 993. The van der Waals surface area contributed by atoms with E-state index in [0.717, 1.165) is 22.5 Å². The molecular weight excluding hydrogens is 292 g/mol. The van der Waals surface area contributed by atoms with Gasteiger partial charge in [-0.1, -0.05) is 18.2 Å². The Balaban J connectivity index is 1.86. The first-order chi connectivity index (χ1) is 10.8. The van der Waals surface area contributed by atoms with E-state index < -0.39 is 0 Å². The molecule has 0 fully saturated rings. The Morgan fingerprint density at radius 2 is 1.95 bits per heavy atom. The molecule has 0 aliphatic rings. The predicted molar refractivity (Wildman–Crippen MR) is 86.5 cm³/mol. The van der Waals surface area contributed by atoms with E-state index in [1.54, 1.807) is 17.4 Å².